The molecule has 12 heteroatoms. The summed E-state index contributed by atoms with van der Waals surface area (Å²) < 4.78 is 49.4. The lowest BCUT2D eigenvalue weighted by molar-refractivity contribution is -0.137. The Balaban J connectivity index is 1.47. The largest absolute Gasteiger partial charge is 0.495 e. The van der Waals surface area contributed by atoms with Crippen molar-refractivity contribution in [2.75, 3.05) is 73.5 Å². The first kappa shape index (κ1) is 31.5. The average molecular weight is 600 g/mol. The van der Waals surface area contributed by atoms with Gasteiger partial charge in [-0.2, -0.15) is 13.2 Å². The summed E-state index contributed by atoms with van der Waals surface area (Å²) in [4.78, 5) is 30.3. The van der Waals surface area contributed by atoms with Gasteiger partial charge in [0.25, 0.3) is 5.91 Å². The SMILES string of the molecule is CCOCCCNC(=O)c1cc(NC(=O)Nc2ccc(C(F)(F)F)cc2)ccc1N1CCN(c2ccccc2OC)CC1. The molecule has 0 saturated carbocycles. The maximum atomic E-state index is 13.3. The van der Waals surface area contributed by atoms with Gasteiger partial charge in [-0.1, -0.05) is 12.1 Å². The first-order valence-corrected chi connectivity index (χ1v) is 14.1. The van der Waals surface area contributed by atoms with E-state index in [4.69, 9.17) is 9.47 Å². The number of urea groups is 1. The molecule has 9 nitrogen and oxygen atoms in total. The standard InChI is InChI=1S/C31H36F3N5O4/c1-3-43-20-6-15-35-29(40)25-21-24(37-30(41)36-23-11-9-22(10-12-23)31(32,33)34)13-14-26(25)38-16-18-39(19-17-38)27-7-4-5-8-28(27)42-2/h4-5,7-14,21H,3,6,15-20H2,1-2H3,(H,35,40)(H2,36,37,41). The number of piperazine rings is 1. The Labute approximate surface area is 249 Å². The number of halogens is 3. The molecule has 230 valence electrons. The number of carbonyl (C=O) groups is 2. The van der Waals surface area contributed by atoms with E-state index in [9.17, 15) is 22.8 Å². The highest BCUT2D eigenvalue weighted by molar-refractivity contribution is 6.04. The first-order chi connectivity index (χ1) is 20.7. The number of alkyl halides is 3. The van der Waals surface area contributed by atoms with Gasteiger partial charge >= 0.3 is 12.2 Å². The molecule has 3 aromatic rings. The Morgan fingerprint density at radius 1 is 0.860 bits per heavy atom. The maximum absolute atomic E-state index is 13.3. The summed E-state index contributed by atoms with van der Waals surface area (Å²) in [6.45, 7) is 6.20. The lowest BCUT2D eigenvalue weighted by Gasteiger charge is -2.38. The molecule has 0 spiro atoms. The summed E-state index contributed by atoms with van der Waals surface area (Å²) in [5.74, 6) is 0.513. The number of ether oxygens (including phenoxy) is 2. The molecular formula is C31H36F3N5O4. The van der Waals surface area contributed by atoms with Crippen molar-refractivity contribution in [3.05, 3.63) is 77.9 Å². The van der Waals surface area contributed by atoms with Crippen LogP contribution in [-0.4, -0.2) is 65.0 Å². The number of para-hydroxylation sites is 2. The zero-order valence-electron chi connectivity index (χ0n) is 24.2. The third-order valence-corrected chi connectivity index (χ3v) is 6.97. The van der Waals surface area contributed by atoms with Crippen LogP contribution in [0.2, 0.25) is 0 Å². The maximum Gasteiger partial charge on any atom is 0.416 e. The van der Waals surface area contributed by atoms with E-state index in [0.29, 0.717) is 63.6 Å². The minimum Gasteiger partial charge on any atom is -0.495 e. The molecule has 1 aliphatic rings. The van der Waals surface area contributed by atoms with Crippen molar-refractivity contribution < 1.29 is 32.2 Å². The number of hydrogen-bond donors (Lipinski definition) is 3. The number of benzene rings is 3. The van der Waals surface area contributed by atoms with Crippen LogP contribution < -0.4 is 30.5 Å². The molecular weight excluding hydrogens is 563 g/mol. The van der Waals surface area contributed by atoms with Crippen molar-refractivity contribution in [1.82, 2.24) is 5.32 Å². The molecule has 0 aliphatic carbocycles. The first-order valence-electron chi connectivity index (χ1n) is 14.1. The summed E-state index contributed by atoms with van der Waals surface area (Å²) in [6.07, 6.45) is -3.82. The van der Waals surface area contributed by atoms with Crippen molar-refractivity contribution in [3.8, 4) is 5.75 Å². The van der Waals surface area contributed by atoms with Gasteiger partial charge in [-0.05, 0) is 67.9 Å². The van der Waals surface area contributed by atoms with E-state index >= 15 is 0 Å². The van der Waals surface area contributed by atoms with Gasteiger partial charge in [0.1, 0.15) is 5.75 Å². The molecule has 0 bridgehead atoms. The fraction of sp³-hybridized carbons (Fsp3) is 0.355. The monoisotopic (exact) mass is 599 g/mol. The number of carbonyl (C=O) groups excluding carboxylic acids is 2. The second-order valence-corrected chi connectivity index (χ2v) is 9.84. The fourth-order valence-corrected chi connectivity index (χ4v) is 4.80. The Kier molecular flexibility index (Phi) is 10.7. The van der Waals surface area contributed by atoms with Gasteiger partial charge in [-0.15, -0.1) is 0 Å². The van der Waals surface area contributed by atoms with Crippen LogP contribution >= 0.6 is 0 Å². The number of methoxy groups -OCH3 is 1. The Bertz CT molecular complexity index is 1380. The molecule has 1 saturated heterocycles. The number of nitrogens with one attached hydrogen (secondary N) is 3. The second-order valence-electron chi connectivity index (χ2n) is 9.84. The van der Waals surface area contributed by atoms with Crippen LogP contribution in [0.25, 0.3) is 0 Å². The molecule has 1 heterocycles. The summed E-state index contributed by atoms with van der Waals surface area (Å²) >= 11 is 0. The molecule has 1 fully saturated rings. The molecule has 4 rings (SSSR count). The Morgan fingerprint density at radius 2 is 1.49 bits per heavy atom. The molecule has 3 aromatic carbocycles. The van der Waals surface area contributed by atoms with E-state index in [2.05, 4.69) is 25.8 Å². The minimum absolute atomic E-state index is 0.197. The quantitative estimate of drug-likeness (QED) is 0.240. The Hall–Kier alpha value is -4.45. The lowest BCUT2D eigenvalue weighted by atomic mass is 10.1. The zero-order chi connectivity index (χ0) is 30.8. The number of rotatable bonds is 11. The predicted octanol–water partition coefficient (Wildman–Crippen LogP) is 5.84. The minimum atomic E-state index is -4.47. The van der Waals surface area contributed by atoms with E-state index in [-0.39, 0.29) is 11.6 Å². The van der Waals surface area contributed by atoms with Crippen molar-refractivity contribution in [2.24, 2.45) is 0 Å². The molecule has 0 atom stereocenters. The van der Waals surface area contributed by atoms with Gasteiger partial charge in [0.05, 0.1) is 23.9 Å². The molecule has 1 aliphatic heterocycles. The summed E-state index contributed by atoms with van der Waals surface area (Å²) in [5, 5.41) is 8.13. The number of anilines is 4. The highest BCUT2D eigenvalue weighted by Crippen LogP contribution is 2.32. The van der Waals surface area contributed by atoms with Crippen molar-refractivity contribution in [3.63, 3.8) is 0 Å². The molecule has 3 N–H and O–H groups in total. The van der Waals surface area contributed by atoms with E-state index in [1.165, 1.54) is 12.1 Å². The molecule has 0 unspecified atom stereocenters. The van der Waals surface area contributed by atoms with Gasteiger partial charge in [-0.25, -0.2) is 4.79 Å². The van der Waals surface area contributed by atoms with E-state index < -0.39 is 17.8 Å². The highest BCUT2D eigenvalue weighted by Gasteiger charge is 2.30. The smallest absolute Gasteiger partial charge is 0.416 e. The molecule has 0 radical (unpaired) electrons. The van der Waals surface area contributed by atoms with Crippen LogP contribution in [0, 0.1) is 0 Å². The summed E-state index contributed by atoms with van der Waals surface area (Å²) in [6, 6.07) is 16.4. The van der Waals surface area contributed by atoms with Crippen LogP contribution in [0.3, 0.4) is 0 Å². The Morgan fingerprint density at radius 3 is 2.14 bits per heavy atom. The van der Waals surface area contributed by atoms with Crippen molar-refractivity contribution in [1.29, 1.82) is 0 Å². The van der Waals surface area contributed by atoms with Crippen LogP contribution in [0.1, 0.15) is 29.3 Å². The zero-order valence-corrected chi connectivity index (χ0v) is 24.2. The van der Waals surface area contributed by atoms with Crippen LogP contribution in [-0.2, 0) is 10.9 Å². The van der Waals surface area contributed by atoms with Gasteiger partial charge in [0.15, 0.2) is 0 Å². The number of nitrogens with zero attached hydrogens (tertiary/aromatic N) is 2. The van der Waals surface area contributed by atoms with E-state index in [0.717, 1.165) is 29.3 Å². The normalized spacial score (nSPS) is 13.4. The van der Waals surface area contributed by atoms with Crippen molar-refractivity contribution >= 4 is 34.7 Å². The second kappa shape index (κ2) is 14.6. The van der Waals surface area contributed by atoms with E-state index in [1.54, 1.807) is 25.3 Å². The van der Waals surface area contributed by atoms with Crippen LogP contribution in [0.15, 0.2) is 66.7 Å². The topological polar surface area (TPSA) is 95.2 Å². The van der Waals surface area contributed by atoms with Gasteiger partial charge in [0.2, 0.25) is 0 Å². The molecule has 0 aromatic heterocycles. The number of hydrogen-bond acceptors (Lipinski definition) is 6. The predicted molar refractivity (Wildman–Crippen MR) is 161 cm³/mol. The molecule has 43 heavy (non-hydrogen) atoms. The van der Waals surface area contributed by atoms with Crippen molar-refractivity contribution in [2.45, 2.75) is 19.5 Å². The fourth-order valence-electron chi connectivity index (χ4n) is 4.80. The van der Waals surface area contributed by atoms with Gasteiger partial charge in [-0.3, -0.25) is 4.79 Å². The lowest BCUT2D eigenvalue weighted by Crippen LogP contribution is -2.47. The van der Waals surface area contributed by atoms with Crippen LogP contribution in [0.5, 0.6) is 5.75 Å². The van der Waals surface area contributed by atoms with Gasteiger partial charge in [0, 0.05) is 63.0 Å². The third kappa shape index (κ3) is 8.54. The van der Waals surface area contributed by atoms with Gasteiger partial charge < -0.3 is 35.2 Å². The number of amides is 3. The van der Waals surface area contributed by atoms with Crippen LogP contribution in [0.4, 0.5) is 40.7 Å². The summed E-state index contributed by atoms with van der Waals surface area (Å²) in [5.41, 5.74) is 1.89. The average Bonchev–Trinajstić information content (AvgIpc) is 3.00. The van der Waals surface area contributed by atoms with E-state index in [1.807, 2.05) is 31.2 Å². The highest BCUT2D eigenvalue weighted by atomic mass is 19.4. The molecule has 3 amide bonds. The third-order valence-electron chi connectivity index (χ3n) is 6.97. The summed E-state index contributed by atoms with van der Waals surface area (Å²) in [7, 11) is 1.65.